The van der Waals surface area contributed by atoms with E-state index in [9.17, 15) is 18.0 Å². The van der Waals surface area contributed by atoms with Crippen molar-refractivity contribution in [3.05, 3.63) is 65.2 Å². The molecule has 0 saturated carbocycles. The van der Waals surface area contributed by atoms with Crippen LogP contribution < -0.4 is 0 Å². The van der Waals surface area contributed by atoms with Crippen molar-refractivity contribution in [3.8, 4) is 0 Å². The first-order valence-corrected chi connectivity index (χ1v) is 13.4. The summed E-state index contributed by atoms with van der Waals surface area (Å²) in [5.41, 5.74) is 1.59. The SMILES string of the molecule is CSC1=N[C@H](C(=O)N2C(=O)OCC2(C)C)[C@@H](c2cccc(C)c2)N1S(=O)(=O)c1ccc(C)cc1. The summed E-state index contributed by atoms with van der Waals surface area (Å²) < 4.78 is 34.1. The van der Waals surface area contributed by atoms with E-state index in [4.69, 9.17) is 4.74 Å². The van der Waals surface area contributed by atoms with Crippen LogP contribution in [-0.2, 0) is 19.6 Å². The topological polar surface area (TPSA) is 96.3 Å². The molecule has 1 fully saturated rings. The van der Waals surface area contributed by atoms with E-state index in [1.54, 1.807) is 50.4 Å². The van der Waals surface area contributed by atoms with Crippen LogP contribution in [0, 0.1) is 13.8 Å². The number of hydrogen-bond acceptors (Lipinski definition) is 7. The molecule has 2 heterocycles. The standard InChI is InChI=1S/C24H27N3O5S2/c1-15-9-11-18(12-10-15)34(30,31)27-20(17-8-6-7-16(2)13-17)19(25-22(27)33-5)21(28)26-23(29)32-14-24(26,3)4/h6-13,19-20H,14H2,1-5H3/t19-,20+/m0/s1. The van der Waals surface area contributed by atoms with Gasteiger partial charge in [-0.1, -0.05) is 59.3 Å². The molecule has 0 bridgehead atoms. The van der Waals surface area contributed by atoms with Gasteiger partial charge < -0.3 is 4.74 Å². The minimum atomic E-state index is -4.06. The van der Waals surface area contributed by atoms with E-state index in [0.29, 0.717) is 5.56 Å². The monoisotopic (exact) mass is 501 g/mol. The molecule has 2 aliphatic heterocycles. The summed E-state index contributed by atoms with van der Waals surface area (Å²) in [6, 6.07) is 11.8. The van der Waals surface area contributed by atoms with Crippen molar-refractivity contribution < 1.29 is 22.7 Å². The molecule has 10 heteroatoms. The summed E-state index contributed by atoms with van der Waals surface area (Å²) in [5.74, 6) is -0.591. The van der Waals surface area contributed by atoms with Gasteiger partial charge in [-0.05, 0) is 51.6 Å². The Hall–Kier alpha value is -2.85. The summed E-state index contributed by atoms with van der Waals surface area (Å²) in [5, 5.41) is 0.191. The molecule has 2 atom stereocenters. The van der Waals surface area contributed by atoms with Crippen LogP contribution in [0.2, 0.25) is 0 Å². The van der Waals surface area contributed by atoms with E-state index in [0.717, 1.165) is 27.8 Å². The van der Waals surface area contributed by atoms with Crippen LogP contribution in [0.25, 0.3) is 0 Å². The molecule has 0 aliphatic carbocycles. The largest absolute Gasteiger partial charge is 0.447 e. The van der Waals surface area contributed by atoms with Crippen molar-refractivity contribution in [2.24, 2.45) is 4.99 Å². The van der Waals surface area contributed by atoms with Gasteiger partial charge in [0.15, 0.2) is 11.2 Å². The summed E-state index contributed by atoms with van der Waals surface area (Å²) in [7, 11) is -4.06. The van der Waals surface area contributed by atoms with E-state index in [2.05, 4.69) is 4.99 Å². The molecule has 1 saturated heterocycles. The maximum absolute atomic E-state index is 13.9. The second kappa shape index (κ2) is 8.74. The van der Waals surface area contributed by atoms with Gasteiger partial charge in [0.05, 0.1) is 10.4 Å². The molecule has 4 rings (SSSR count). The van der Waals surface area contributed by atoms with E-state index in [-0.39, 0.29) is 16.7 Å². The lowest BCUT2D eigenvalue weighted by molar-refractivity contribution is -0.132. The third-order valence-electron chi connectivity index (χ3n) is 5.94. The maximum atomic E-state index is 13.9. The predicted octanol–water partition coefficient (Wildman–Crippen LogP) is 3.89. The highest BCUT2D eigenvalue weighted by Gasteiger charge is 2.53. The van der Waals surface area contributed by atoms with Crippen LogP contribution in [0.4, 0.5) is 4.79 Å². The number of carbonyl (C=O) groups excluding carboxylic acids is 2. The molecular formula is C24H27N3O5S2. The Morgan fingerprint density at radius 1 is 1.12 bits per heavy atom. The molecule has 2 aromatic rings. The Morgan fingerprint density at radius 3 is 2.35 bits per heavy atom. The number of nitrogens with zero attached hydrogens (tertiary/aromatic N) is 3. The zero-order valence-corrected chi connectivity index (χ0v) is 21.3. The molecule has 0 radical (unpaired) electrons. The molecule has 180 valence electrons. The summed E-state index contributed by atoms with van der Waals surface area (Å²) in [6.07, 6.45) is 0.962. The predicted molar refractivity (Wildman–Crippen MR) is 131 cm³/mol. The quantitative estimate of drug-likeness (QED) is 0.631. The molecule has 0 spiro atoms. The number of amidine groups is 1. The Morgan fingerprint density at radius 2 is 1.79 bits per heavy atom. The van der Waals surface area contributed by atoms with E-state index >= 15 is 0 Å². The third-order valence-corrected chi connectivity index (χ3v) is 8.51. The number of rotatable bonds is 4. The second-order valence-electron chi connectivity index (χ2n) is 9.07. The van der Waals surface area contributed by atoms with Gasteiger partial charge in [0, 0.05) is 0 Å². The van der Waals surface area contributed by atoms with Crippen LogP contribution >= 0.6 is 11.8 Å². The van der Waals surface area contributed by atoms with Gasteiger partial charge >= 0.3 is 6.09 Å². The minimum Gasteiger partial charge on any atom is -0.447 e. The van der Waals surface area contributed by atoms with E-state index in [1.807, 2.05) is 32.0 Å². The Labute approximate surface area is 204 Å². The van der Waals surface area contributed by atoms with Gasteiger partial charge in [0.2, 0.25) is 0 Å². The molecular weight excluding hydrogens is 474 g/mol. The fourth-order valence-corrected chi connectivity index (χ4v) is 6.74. The highest BCUT2D eigenvalue weighted by molar-refractivity contribution is 8.14. The van der Waals surface area contributed by atoms with Crippen LogP contribution in [0.1, 0.15) is 36.6 Å². The van der Waals surface area contributed by atoms with Gasteiger partial charge in [-0.15, -0.1) is 0 Å². The van der Waals surface area contributed by atoms with Crippen LogP contribution in [0.3, 0.4) is 0 Å². The van der Waals surface area contributed by atoms with E-state index < -0.39 is 39.6 Å². The number of aliphatic imine (C=N–C) groups is 1. The lowest BCUT2D eigenvalue weighted by atomic mass is 9.96. The number of sulfonamides is 1. The van der Waals surface area contributed by atoms with Gasteiger partial charge in [-0.25, -0.2) is 27.4 Å². The Bertz CT molecular complexity index is 1270. The van der Waals surface area contributed by atoms with Crippen molar-refractivity contribution in [2.45, 2.75) is 50.2 Å². The molecule has 2 aliphatic rings. The van der Waals surface area contributed by atoms with Gasteiger partial charge in [0.25, 0.3) is 15.9 Å². The molecule has 2 aromatic carbocycles. The molecule has 0 unspecified atom stereocenters. The van der Waals surface area contributed by atoms with Crippen molar-refractivity contribution in [3.63, 3.8) is 0 Å². The number of amides is 2. The van der Waals surface area contributed by atoms with Crippen LogP contribution in [0.15, 0.2) is 58.4 Å². The molecule has 34 heavy (non-hydrogen) atoms. The average molecular weight is 502 g/mol. The first-order valence-electron chi connectivity index (χ1n) is 10.8. The van der Waals surface area contributed by atoms with Crippen molar-refractivity contribution >= 4 is 39.0 Å². The summed E-state index contributed by atoms with van der Waals surface area (Å²) >= 11 is 1.14. The molecule has 0 aromatic heterocycles. The minimum absolute atomic E-state index is 0.0594. The third kappa shape index (κ3) is 4.09. The molecule has 2 amide bonds. The van der Waals surface area contributed by atoms with Crippen LogP contribution in [0.5, 0.6) is 0 Å². The number of thioether (sulfide) groups is 1. The van der Waals surface area contributed by atoms with Crippen molar-refractivity contribution in [2.75, 3.05) is 12.9 Å². The number of aryl methyl sites for hydroxylation is 2. The number of benzene rings is 2. The highest BCUT2D eigenvalue weighted by atomic mass is 32.2. The number of carbonyl (C=O) groups is 2. The number of imide groups is 1. The van der Waals surface area contributed by atoms with Gasteiger partial charge in [-0.3, -0.25) is 4.79 Å². The zero-order chi connectivity index (χ0) is 24.8. The zero-order valence-electron chi connectivity index (χ0n) is 19.7. The van der Waals surface area contributed by atoms with Crippen molar-refractivity contribution in [1.82, 2.24) is 9.21 Å². The lowest BCUT2D eigenvalue weighted by Gasteiger charge is -2.32. The average Bonchev–Trinajstić information content (AvgIpc) is 3.31. The normalized spacial score (nSPS) is 22.0. The van der Waals surface area contributed by atoms with Crippen molar-refractivity contribution in [1.29, 1.82) is 0 Å². The Kier molecular flexibility index (Phi) is 6.24. The smallest absolute Gasteiger partial charge is 0.417 e. The number of hydrogen-bond donors (Lipinski definition) is 0. The Balaban J connectivity index is 1.87. The summed E-state index contributed by atoms with van der Waals surface area (Å²) in [4.78, 5) is 31.9. The number of cyclic esters (lactones) is 1. The fraction of sp³-hybridized carbons (Fsp3) is 0.375. The summed E-state index contributed by atoms with van der Waals surface area (Å²) in [6.45, 7) is 7.29. The molecule has 8 nitrogen and oxygen atoms in total. The van der Waals surface area contributed by atoms with Crippen LogP contribution in [-0.4, -0.2) is 59.2 Å². The van der Waals surface area contributed by atoms with E-state index in [1.165, 1.54) is 4.31 Å². The fourth-order valence-electron chi connectivity index (χ4n) is 4.21. The highest BCUT2D eigenvalue weighted by Crippen LogP contribution is 2.41. The van der Waals surface area contributed by atoms with Gasteiger partial charge in [0.1, 0.15) is 12.6 Å². The lowest BCUT2D eigenvalue weighted by Crippen LogP contribution is -2.51. The first-order chi connectivity index (χ1) is 16.0. The molecule has 0 N–H and O–H groups in total. The van der Waals surface area contributed by atoms with Gasteiger partial charge in [-0.2, -0.15) is 0 Å². The second-order valence-corrected chi connectivity index (χ2v) is 11.7. The first kappa shape index (κ1) is 24.3. The maximum Gasteiger partial charge on any atom is 0.417 e. The number of ether oxygens (including phenoxy) is 1.